The summed E-state index contributed by atoms with van der Waals surface area (Å²) in [4.78, 5) is 28.8. The molecule has 7 heteroatoms. The average molecular weight is 319 g/mol. The maximum Gasteiger partial charge on any atom is 0.266 e. The molecule has 2 aromatic rings. The largest absolute Gasteiger partial charge is 0.429 e. The first-order valence-electron chi connectivity index (χ1n) is 7.27. The number of oxazole rings is 1. The van der Waals surface area contributed by atoms with E-state index in [1.807, 2.05) is 0 Å². The van der Waals surface area contributed by atoms with Crippen molar-refractivity contribution in [1.82, 2.24) is 9.88 Å². The highest BCUT2D eigenvalue weighted by atomic mass is 32.1. The molecule has 1 fully saturated rings. The van der Waals surface area contributed by atoms with Crippen LogP contribution in [-0.4, -0.2) is 34.3 Å². The topological polar surface area (TPSA) is 92.3 Å². The molecule has 1 aromatic carbocycles. The van der Waals surface area contributed by atoms with Crippen LogP contribution in [0.5, 0.6) is 0 Å². The highest BCUT2D eigenvalue weighted by Gasteiger charge is 2.28. The van der Waals surface area contributed by atoms with E-state index in [1.54, 1.807) is 23.1 Å². The van der Waals surface area contributed by atoms with Crippen molar-refractivity contribution >= 4 is 35.1 Å². The summed E-state index contributed by atoms with van der Waals surface area (Å²) in [6, 6.07) is 5.17. The lowest BCUT2D eigenvalue weighted by Gasteiger charge is -2.27. The van der Waals surface area contributed by atoms with Crippen LogP contribution in [0, 0.1) is 4.84 Å². The summed E-state index contributed by atoms with van der Waals surface area (Å²) in [6.45, 7) is -0.0574. The minimum atomic E-state index is -0.500. The van der Waals surface area contributed by atoms with Gasteiger partial charge in [-0.25, -0.2) is 0 Å². The summed E-state index contributed by atoms with van der Waals surface area (Å²) in [5.41, 5.74) is 7.04. The number of primary amides is 1. The van der Waals surface area contributed by atoms with Gasteiger partial charge in [-0.2, -0.15) is 0 Å². The number of rotatable bonds is 4. The lowest BCUT2D eigenvalue weighted by Crippen LogP contribution is -2.44. The van der Waals surface area contributed by atoms with Gasteiger partial charge in [-0.05, 0) is 43.3 Å². The number of H-pyrrole nitrogens is 1. The predicted molar refractivity (Wildman–Crippen MR) is 83.9 cm³/mol. The minimum Gasteiger partial charge on any atom is -0.429 e. The standard InChI is InChI=1S/C15H17N3O3S/c16-13(19)8-18(10-3-1-2-4-10)14(20)9-5-6-11-12(7-9)21-15(22)17-11/h5-7,10H,1-4,8H2,(H2,16,19)(H,17,22). The van der Waals surface area contributed by atoms with E-state index in [0.29, 0.717) is 11.1 Å². The van der Waals surface area contributed by atoms with Crippen molar-refractivity contribution < 1.29 is 14.0 Å². The average Bonchev–Trinajstić information content (AvgIpc) is 3.11. The molecular weight excluding hydrogens is 302 g/mol. The van der Waals surface area contributed by atoms with E-state index >= 15 is 0 Å². The van der Waals surface area contributed by atoms with Crippen LogP contribution in [0.15, 0.2) is 22.6 Å². The van der Waals surface area contributed by atoms with E-state index in [-0.39, 0.29) is 23.3 Å². The molecule has 0 aliphatic heterocycles. The Balaban J connectivity index is 1.92. The van der Waals surface area contributed by atoms with E-state index in [2.05, 4.69) is 4.98 Å². The Kier molecular flexibility index (Phi) is 3.98. The van der Waals surface area contributed by atoms with Gasteiger partial charge >= 0.3 is 0 Å². The van der Waals surface area contributed by atoms with E-state index in [9.17, 15) is 9.59 Å². The third kappa shape index (κ3) is 2.89. The highest BCUT2D eigenvalue weighted by Crippen LogP contribution is 2.25. The predicted octanol–water partition coefficient (Wildman–Crippen LogP) is 2.36. The number of aromatic amines is 1. The molecule has 0 spiro atoms. The fourth-order valence-electron chi connectivity index (χ4n) is 2.99. The van der Waals surface area contributed by atoms with Gasteiger partial charge in [0, 0.05) is 11.6 Å². The van der Waals surface area contributed by atoms with Gasteiger partial charge in [-0.3, -0.25) is 9.59 Å². The molecule has 0 saturated heterocycles. The van der Waals surface area contributed by atoms with Crippen molar-refractivity contribution in [3.05, 3.63) is 28.6 Å². The number of nitrogens with one attached hydrogen (secondary N) is 1. The molecule has 1 aliphatic carbocycles. The van der Waals surface area contributed by atoms with E-state index in [1.165, 1.54) is 0 Å². The van der Waals surface area contributed by atoms with Crippen molar-refractivity contribution in [2.75, 3.05) is 6.54 Å². The number of carbonyl (C=O) groups is 2. The summed E-state index contributed by atoms with van der Waals surface area (Å²) in [5.74, 6) is -0.699. The Morgan fingerprint density at radius 3 is 2.77 bits per heavy atom. The fourth-order valence-corrected chi connectivity index (χ4v) is 3.19. The molecule has 1 aliphatic rings. The van der Waals surface area contributed by atoms with Crippen LogP contribution in [0.4, 0.5) is 0 Å². The zero-order valence-corrected chi connectivity index (χ0v) is 12.8. The normalized spacial score (nSPS) is 15.3. The third-order valence-corrected chi connectivity index (χ3v) is 4.21. The Morgan fingerprint density at radius 1 is 1.36 bits per heavy atom. The van der Waals surface area contributed by atoms with Gasteiger partial charge in [-0.1, -0.05) is 12.8 Å². The monoisotopic (exact) mass is 319 g/mol. The minimum absolute atomic E-state index is 0.0574. The number of fused-ring (bicyclic) bond motifs is 1. The second kappa shape index (κ2) is 5.92. The van der Waals surface area contributed by atoms with Gasteiger partial charge < -0.3 is 20.0 Å². The Bertz CT molecular complexity index is 774. The summed E-state index contributed by atoms with van der Waals surface area (Å²) < 4.78 is 5.34. The second-order valence-electron chi connectivity index (χ2n) is 5.56. The molecule has 0 atom stereocenters. The first-order valence-corrected chi connectivity index (χ1v) is 7.67. The van der Waals surface area contributed by atoms with Gasteiger partial charge in [0.1, 0.15) is 0 Å². The summed E-state index contributed by atoms with van der Waals surface area (Å²) >= 11 is 4.94. The maximum absolute atomic E-state index is 12.8. The molecule has 3 N–H and O–H groups in total. The molecular formula is C15H17N3O3S. The SMILES string of the molecule is NC(=O)CN(C(=O)c1ccc2[nH]c(=S)oc2c1)C1CCCC1. The number of carbonyl (C=O) groups excluding carboxylic acids is 2. The Labute approximate surface area is 132 Å². The van der Waals surface area contributed by atoms with Crippen molar-refractivity contribution in [3.63, 3.8) is 0 Å². The molecule has 6 nitrogen and oxygen atoms in total. The molecule has 2 amide bonds. The van der Waals surface area contributed by atoms with Crippen molar-refractivity contribution in [3.8, 4) is 0 Å². The van der Waals surface area contributed by atoms with Gasteiger partial charge in [0.05, 0.1) is 12.1 Å². The maximum atomic E-state index is 12.8. The summed E-state index contributed by atoms with van der Waals surface area (Å²) in [6.07, 6.45) is 3.95. The molecule has 0 unspecified atom stereocenters. The molecule has 1 saturated carbocycles. The van der Waals surface area contributed by atoms with Crippen LogP contribution in [0.2, 0.25) is 0 Å². The Morgan fingerprint density at radius 2 is 2.09 bits per heavy atom. The number of nitrogens with zero attached hydrogens (tertiary/aromatic N) is 1. The molecule has 1 heterocycles. The van der Waals surface area contributed by atoms with Gasteiger partial charge in [0.2, 0.25) is 5.91 Å². The number of hydrogen-bond donors (Lipinski definition) is 2. The Hall–Kier alpha value is -2.15. The molecule has 0 radical (unpaired) electrons. The smallest absolute Gasteiger partial charge is 0.266 e. The van der Waals surface area contributed by atoms with Crippen LogP contribution in [-0.2, 0) is 4.79 Å². The van der Waals surface area contributed by atoms with Gasteiger partial charge in [0.25, 0.3) is 10.7 Å². The number of aromatic nitrogens is 1. The molecule has 0 bridgehead atoms. The van der Waals surface area contributed by atoms with E-state index < -0.39 is 5.91 Å². The third-order valence-electron chi connectivity index (χ3n) is 4.02. The molecule has 22 heavy (non-hydrogen) atoms. The zero-order chi connectivity index (χ0) is 15.7. The number of nitrogens with two attached hydrogens (primary N) is 1. The first-order chi connectivity index (χ1) is 10.5. The quantitative estimate of drug-likeness (QED) is 0.846. The van der Waals surface area contributed by atoms with Crippen LogP contribution in [0.1, 0.15) is 36.0 Å². The number of hydrogen-bond acceptors (Lipinski definition) is 4. The fraction of sp³-hybridized carbons (Fsp3) is 0.400. The number of amides is 2. The summed E-state index contributed by atoms with van der Waals surface area (Å²) in [5, 5.41) is 0. The zero-order valence-electron chi connectivity index (χ0n) is 12.0. The molecule has 116 valence electrons. The van der Waals surface area contributed by atoms with Crippen molar-refractivity contribution in [2.45, 2.75) is 31.7 Å². The lowest BCUT2D eigenvalue weighted by molar-refractivity contribution is -0.119. The van der Waals surface area contributed by atoms with E-state index in [4.69, 9.17) is 22.4 Å². The van der Waals surface area contributed by atoms with Crippen LogP contribution in [0.3, 0.4) is 0 Å². The number of benzene rings is 1. The highest BCUT2D eigenvalue weighted by molar-refractivity contribution is 7.71. The molecule has 3 rings (SSSR count). The summed E-state index contributed by atoms with van der Waals surface area (Å²) in [7, 11) is 0. The van der Waals surface area contributed by atoms with Crippen molar-refractivity contribution in [2.24, 2.45) is 5.73 Å². The lowest BCUT2D eigenvalue weighted by atomic mass is 10.1. The van der Waals surface area contributed by atoms with Gasteiger partial charge in [-0.15, -0.1) is 0 Å². The van der Waals surface area contributed by atoms with Crippen LogP contribution in [0.25, 0.3) is 11.1 Å². The van der Waals surface area contributed by atoms with Crippen LogP contribution >= 0.6 is 12.2 Å². The first kappa shape index (κ1) is 14.8. The van der Waals surface area contributed by atoms with Crippen molar-refractivity contribution in [1.29, 1.82) is 0 Å². The van der Waals surface area contributed by atoms with Gasteiger partial charge in [0.15, 0.2) is 5.58 Å². The van der Waals surface area contributed by atoms with Crippen LogP contribution < -0.4 is 5.73 Å². The second-order valence-corrected chi connectivity index (χ2v) is 5.93. The van der Waals surface area contributed by atoms with E-state index in [0.717, 1.165) is 31.2 Å². The molecule has 1 aromatic heterocycles.